The number of carbonyl (C=O) groups excluding carboxylic acids is 1. The SMILES string of the molecule is O=C1CC2(CCNCC2)Oc2cncnc21. The van der Waals surface area contributed by atoms with Crippen molar-refractivity contribution in [2.75, 3.05) is 13.1 Å². The molecule has 1 N–H and O–H groups in total. The van der Waals surface area contributed by atoms with Crippen LogP contribution in [0.2, 0.25) is 0 Å². The fraction of sp³-hybridized carbons (Fsp3) is 0.545. The minimum Gasteiger partial charge on any atom is -0.483 e. The summed E-state index contributed by atoms with van der Waals surface area (Å²) < 4.78 is 5.94. The van der Waals surface area contributed by atoms with Gasteiger partial charge < -0.3 is 10.1 Å². The summed E-state index contributed by atoms with van der Waals surface area (Å²) in [5.74, 6) is 0.617. The quantitative estimate of drug-likeness (QED) is 0.691. The van der Waals surface area contributed by atoms with E-state index in [1.54, 1.807) is 6.20 Å². The Morgan fingerprint density at radius 1 is 1.38 bits per heavy atom. The smallest absolute Gasteiger partial charge is 0.189 e. The first kappa shape index (κ1) is 9.72. The monoisotopic (exact) mass is 219 g/mol. The van der Waals surface area contributed by atoms with Crippen LogP contribution in [-0.2, 0) is 0 Å². The van der Waals surface area contributed by atoms with Crippen molar-refractivity contribution in [1.82, 2.24) is 15.3 Å². The van der Waals surface area contributed by atoms with E-state index in [2.05, 4.69) is 15.3 Å². The van der Waals surface area contributed by atoms with Crippen LogP contribution in [0.5, 0.6) is 5.75 Å². The molecule has 2 aliphatic rings. The Hall–Kier alpha value is -1.49. The number of fused-ring (bicyclic) bond motifs is 1. The zero-order chi connectivity index (χ0) is 11.0. The van der Waals surface area contributed by atoms with Crippen LogP contribution in [0.15, 0.2) is 12.5 Å². The lowest BCUT2D eigenvalue weighted by Gasteiger charge is -2.40. The fourth-order valence-electron chi connectivity index (χ4n) is 2.41. The van der Waals surface area contributed by atoms with E-state index >= 15 is 0 Å². The van der Waals surface area contributed by atoms with E-state index in [-0.39, 0.29) is 11.4 Å². The molecule has 1 fully saturated rings. The highest BCUT2D eigenvalue weighted by atomic mass is 16.5. The standard InChI is InChI=1S/C11H13N3O2/c15-8-5-11(1-3-12-4-2-11)16-9-6-13-7-14-10(8)9/h6-7,12H,1-5H2. The van der Waals surface area contributed by atoms with Gasteiger partial charge in [-0.3, -0.25) is 4.79 Å². The van der Waals surface area contributed by atoms with E-state index in [1.165, 1.54) is 6.33 Å². The van der Waals surface area contributed by atoms with E-state index in [4.69, 9.17) is 4.74 Å². The first-order valence-corrected chi connectivity index (χ1v) is 5.52. The van der Waals surface area contributed by atoms with Gasteiger partial charge in [0.2, 0.25) is 0 Å². The van der Waals surface area contributed by atoms with Gasteiger partial charge in [0.05, 0.1) is 12.6 Å². The minimum absolute atomic E-state index is 0.0746. The summed E-state index contributed by atoms with van der Waals surface area (Å²) in [7, 11) is 0. The zero-order valence-electron chi connectivity index (χ0n) is 8.90. The normalized spacial score (nSPS) is 22.6. The number of carbonyl (C=O) groups is 1. The third-order valence-electron chi connectivity index (χ3n) is 3.27. The minimum atomic E-state index is -0.319. The molecule has 1 spiro atoms. The Morgan fingerprint density at radius 3 is 3.00 bits per heavy atom. The summed E-state index contributed by atoms with van der Waals surface area (Å²) in [6.07, 6.45) is 5.16. The maximum atomic E-state index is 12.0. The molecule has 16 heavy (non-hydrogen) atoms. The Bertz CT molecular complexity index is 427. The number of ketones is 1. The number of hydrogen-bond acceptors (Lipinski definition) is 5. The van der Waals surface area contributed by atoms with Gasteiger partial charge >= 0.3 is 0 Å². The molecular weight excluding hydrogens is 206 g/mol. The predicted octanol–water partition coefficient (Wildman–Crippen LogP) is 0.564. The summed E-state index contributed by atoms with van der Waals surface area (Å²) in [6, 6.07) is 0. The molecule has 5 nitrogen and oxygen atoms in total. The van der Waals surface area contributed by atoms with Crippen LogP contribution in [0, 0.1) is 0 Å². The molecule has 0 aromatic carbocycles. The fourth-order valence-corrected chi connectivity index (χ4v) is 2.41. The molecule has 3 rings (SSSR count). The van der Waals surface area contributed by atoms with Crippen molar-refractivity contribution >= 4 is 5.78 Å². The Kier molecular flexibility index (Phi) is 2.14. The Balaban J connectivity index is 1.96. The molecule has 0 radical (unpaired) electrons. The second kappa shape index (κ2) is 3.52. The van der Waals surface area contributed by atoms with E-state index in [9.17, 15) is 4.79 Å². The van der Waals surface area contributed by atoms with E-state index < -0.39 is 0 Å². The number of ether oxygens (including phenoxy) is 1. The van der Waals surface area contributed by atoms with Gasteiger partial charge in [0.25, 0.3) is 0 Å². The summed E-state index contributed by atoms with van der Waals surface area (Å²) in [4.78, 5) is 19.9. The molecule has 1 saturated heterocycles. The average molecular weight is 219 g/mol. The predicted molar refractivity (Wildman–Crippen MR) is 56.4 cm³/mol. The lowest BCUT2D eigenvalue weighted by Crippen LogP contribution is -2.49. The maximum absolute atomic E-state index is 12.0. The van der Waals surface area contributed by atoms with Crippen molar-refractivity contribution in [1.29, 1.82) is 0 Å². The van der Waals surface area contributed by atoms with Crippen LogP contribution in [0.3, 0.4) is 0 Å². The van der Waals surface area contributed by atoms with Crippen molar-refractivity contribution in [3.8, 4) is 5.75 Å². The number of rotatable bonds is 0. The van der Waals surface area contributed by atoms with Crippen LogP contribution in [0.4, 0.5) is 0 Å². The second-order valence-corrected chi connectivity index (χ2v) is 4.37. The first-order chi connectivity index (χ1) is 7.79. The van der Waals surface area contributed by atoms with Crippen LogP contribution in [0.25, 0.3) is 0 Å². The third-order valence-corrected chi connectivity index (χ3v) is 3.27. The molecule has 0 atom stereocenters. The molecule has 1 aromatic rings. The third kappa shape index (κ3) is 1.48. The summed E-state index contributed by atoms with van der Waals surface area (Å²) in [6.45, 7) is 1.80. The highest BCUT2D eigenvalue weighted by Gasteiger charge is 2.41. The van der Waals surface area contributed by atoms with Gasteiger partial charge in [-0.15, -0.1) is 0 Å². The van der Waals surface area contributed by atoms with Gasteiger partial charge in [0, 0.05) is 12.8 Å². The first-order valence-electron chi connectivity index (χ1n) is 5.52. The van der Waals surface area contributed by atoms with Crippen molar-refractivity contribution in [3.63, 3.8) is 0 Å². The summed E-state index contributed by atoms with van der Waals surface area (Å²) >= 11 is 0. The van der Waals surface area contributed by atoms with Crippen molar-refractivity contribution in [3.05, 3.63) is 18.2 Å². The van der Waals surface area contributed by atoms with Gasteiger partial charge in [-0.25, -0.2) is 9.97 Å². The van der Waals surface area contributed by atoms with Gasteiger partial charge in [-0.1, -0.05) is 0 Å². The topological polar surface area (TPSA) is 64.1 Å². The molecule has 84 valence electrons. The molecule has 0 bridgehead atoms. The molecule has 1 aromatic heterocycles. The Morgan fingerprint density at radius 2 is 2.19 bits per heavy atom. The van der Waals surface area contributed by atoms with Crippen LogP contribution < -0.4 is 10.1 Å². The molecule has 0 amide bonds. The number of nitrogens with one attached hydrogen (secondary N) is 1. The van der Waals surface area contributed by atoms with Crippen molar-refractivity contribution in [2.45, 2.75) is 24.9 Å². The lowest BCUT2D eigenvalue weighted by molar-refractivity contribution is 0.0174. The number of aromatic nitrogens is 2. The van der Waals surface area contributed by atoms with Crippen LogP contribution in [0.1, 0.15) is 29.8 Å². The summed E-state index contributed by atoms with van der Waals surface area (Å²) in [5, 5.41) is 3.27. The Labute approximate surface area is 93.2 Å². The van der Waals surface area contributed by atoms with Crippen molar-refractivity contribution < 1.29 is 9.53 Å². The van der Waals surface area contributed by atoms with E-state index in [1.807, 2.05) is 0 Å². The average Bonchev–Trinajstić information content (AvgIpc) is 2.30. The van der Waals surface area contributed by atoms with Gasteiger partial charge in [-0.2, -0.15) is 0 Å². The van der Waals surface area contributed by atoms with E-state index in [0.717, 1.165) is 25.9 Å². The zero-order valence-corrected chi connectivity index (χ0v) is 8.90. The lowest BCUT2D eigenvalue weighted by atomic mass is 9.84. The maximum Gasteiger partial charge on any atom is 0.189 e. The molecule has 0 saturated carbocycles. The highest BCUT2D eigenvalue weighted by Crippen LogP contribution is 2.36. The van der Waals surface area contributed by atoms with Crippen LogP contribution in [-0.4, -0.2) is 34.4 Å². The number of nitrogens with zero attached hydrogens (tertiary/aromatic N) is 2. The van der Waals surface area contributed by atoms with Crippen LogP contribution >= 0.6 is 0 Å². The summed E-state index contributed by atoms with van der Waals surface area (Å²) in [5.41, 5.74) is 0.110. The van der Waals surface area contributed by atoms with Gasteiger partial charge in [-0.05, 0) is 13.1 Å². The number of hydrogen-bond donors (Lipinski definition) is 1. The highest BCUT2D eigenvalue weighted by molar-refractivity contribution is 5.98. The largest absolute Gasteiger partial charge is 0.483 e. The molecule has 0 unspecified atom stereocenters. The van der Waals surface area contributed by atoms with Gasteiger partial charge in [0.1, 0.15) is 11.9 Å². The second-order valence-electron chi connectivity index (χ2n) is 4.37. The molecule has 3 heterocycles. The van der Waals surface area contributed by atoms with Crippen molar-refractivity contribution in [2.24, 2.45) is 0 Å². The van der Waals surface area contributed by atoms with E-state index in [0.29, 0.717) is 17.9 Å². The number of Topliss-reactive ketones (excluding diaryl/α,β-unsaturated/α-hetero) is 1. The molecular formula is C11H13N3O2. The molecule has 2 aliphatic heterocycles. The molecule has 0 aliphatic carbocycles. The molecule has 5 heteroatoms. The van der Waals surface area contributed by atoms with Gasteiger partial charge in [0.15, 0.2) is 17.2 Å². The number of piperidine rings is 1.